The van der Waals surface area contributed by atoms with E-state index in [0.29, 0.717) is 13.2 Å². The van der Waals surface area contributed by atoms with Gasteiger partial charge in [-0.1, -0.05) is 47.5 Å². The first-order valence-electron chi connectivity index (χ1n) is 6.86. The maximum Gasteiger partial charge on any atom is 0.361 e. The largest absolute Gasteiger partial charge is 0.426 e. The molecule has 0 saturated carbocycles. The zero-order valence-corrected chi connectivity index (χ0v) is 13.7. The summed E-state index contributed by atoms with van der Waals surface area (Å²) in [6.45, 7) is 4.78. The van der Waals surface area contributed by atoms with Crippen molar-refractivity contribution in [1.82, 2.24) is 0 Å². The molecular formula is C16H18BCl2NO. The van der Waals surface area contributed by atoms with Crippen molar-refractivity contribution in [1.29, 1.82) is 0 Å². The van der Waals surface area contributed by atoms with Crippen LogP contribution in [0.2, 0.25) is 10.0 Å². The maximum atomic E-state index is 6.10. The number of rotatable bonds is 5. The highest BCUT2D eigenvalue weighted by Crippen LogP contribution is 2.14. The van der Waals surface area contributed by atoms with Gasteiger partial charge in [0.1, 0.15) is 0 Å². The Labute approximate surface area is 136 Å². The van der Waals surface area contributed by atoms with E-state index in [1.807, 2.05) is 50.2 Å². The molecule has 0 fully saturated rings. The van der Waals surface area contributed by atoms with E-state index in [9.17, 15) is 0 Å². The summed E-state index contributed by atoms with van der Waals surface area (Å²) in [6, 6.07) is 11.9. The van der Waals surface area contributed by atoms with Crippen molar-refractivity contribution in [3.8, 4) is 0 Å². The van der Waals surface area contributed by atoms with Gasteiger partial charge < -0.3 is 10.4 Å². The van der Waals surface area contributed by atoms with Crippen LogP contribution < -0.4 is 16.7 Å². The molecule has 0 heterocycles. The first-order valence-corrected chi connectivity index (χ1v) is 7.62. The summed E-state index contributed by atoms with van der Waals surface area (Å²) in [7, 11) is 0. The summed E-state index contributed by atoms with van der Waals surface area (Å²) >= 11 is 12.2. The third-order valence-electron chi connectivity index (χ3n) is 3.37. The Morgan fingerprint density at radius 2 is 1.43 bits per heavy atom. The smallest absolute Gasteiger partial charge is 0.361 e. The van der Waals surface area contributed by atoms with E-state index < -0.39 is 0 Å². The van der Waals surface area contributed by atoms with Gasteiger partial charge in [0.25, 0.3) is 0 Å². The van der Waals surface area contributed by atoms with Crippen LogP contribution in [0.3, 0.4) is 0 Å². The van der Waals surface area contributed by atoms with Crippen LogP contribution >= 0.6 is 23.2 Å². The number of halogens is 2. The van der Waals surface area contributed by atoms with Gasteiger partial charge in [0.05, 0.1) is 0 Å². The molecule has 0 spiro atoms. The van der Waals surface area contributed by atoms with Crippen molar-refractivity contribution in [2.75, 3.05) is 13.2 Å². The Balaban J connectivity index is 2.41. The molecule has 0 aliphatic carbocycles. The van der Waals surface area contributed by atoms with E-state index in [1.54, 1.807) is 0 Å². The Kier molecular flexibility index (Phi) is 5.71. The van der Waals surface area contributed by atoms with E-state index in [1.165, 1.54) is 0 Å². The predicted octanol–water partition coefficient (Wildman–Crippen LogP) is 2.69. The molecule has 0 atom stereocenters. The number of aryl methyl sites for hydroxylation is 2. The number of nitrogens with two attached hydrogens (primary N) is 1. The van der Waals surface area contributed by atoms with Gasteiger partial charge in [0.15, 0.2) is 0 Å². The molecule has 0 bridgehead atoms. The number of hydrogen-bond donors (Lipinski definition) is 1. The normalized spacial score (nSPS) is 10.7. The molecule has 0 aliphatic heterocycles. The fourth-order valence-electron chi connectivity index (χ4n) is 2.23. The second-order valence-corrected chi connectivity index (χ2v) is 5.87. The summed E-state index contributed by atoms with van der Waals surface area (Å²) < 4.78 is 5.94. The third-order valence-corrected chi connectivity index (χ3v) is 4.22. The zero-order valence-electron chi connectivity index (χ0n) is 12.2. The van der Waals surface area contributed by atoms with E-state index >= 15 is 0 Å². The highest BCUT2D eigenvalue weighted by molar-refractivity contribution is 6.80. The molecule has 0 saturated heterocycles. The van der Waals surface area contributed by atoms with Gasteiger partial charge in [-0.15, -0.1) is 0 Å². The van der Waals surface area contributed by atoms with Gasteiger partial charge in [0.2, 0.25) is 0 Å². The van der Waals surface area contributed by atoms with Crippen LogP contribution in [0, 0.1) is 13.8 Å². The van der Waals surface area contributed by atoms with Gasteiger partial charge in [0, 0.05) is 23.2 Å². The summed E-state index contributed by atoms with van der Waals surface area (Å²) in [5.74, 6) is 0. The summed E-state index contributed by atoms with van der Waals surface area (Å²) in [5.41, 5.74) is 9.76. The topological polar surface area (TPSA) is 35.2 Å². The fraction of sp³-hybridized carbons (Fsp3) is 0.250. The van der Waals surface area contributed by atoms with E-state index in [4.69, 9.17) is 33.6 Å². The van der Waals surface area contributed by atoms with Crippen LogP contribution in [0.4, 0.5) is 0 Å². The van der Waals surface area contributed by atoms with Crippen LogP contribution in [0.25, 0.3) is 0 Å². The lowest BCUT2D eigenvalue weighted by Crippen LogP contribution is -2.46. The molecule has 5 heteroatoms. The van der Waals surface area contributed by atoms with E-state index in [-0.39, 0.29) is 6.92 Å². The molecule has 0 aromatic heterocycles. The van der Waals surface area contributed by atoms with Crippen LogP contribution in [0.5, 0.6) is 0 Å². The molecule has 2 nitrogen and oxygen atoms in total. The average molecular weight is 322 g/mol. The molecular weight excluding hydrogens is 304 g/mol. The van der Waals surface area contributed by atoms with Gasteiger partial charge in [-0.3, -0.25) is 0 Å². The summed E-state index contributed by atoms with van der Waals surface area (Å²) in [5, 5.41) is 1.51. The minimum atomic E-state index is -0.166. The van der Waals surface area contributed by atoms with Gasteiger partial charge in [-0.2, -0.15) is 0 Å². The van der Waals surface area contributed by atoms with Crippen LogP contribution in [0.15, 0.2) is 36.4 Å². The molecule has 2 aromatic rings. The second-order valence-electron chi connectivity index (χ2n) is 5.06. The fourth-order valence-corrected chi connectivity index (χ4v) is 2.47. The molecule has 2 N–H and O–H groups in total. The minimum Gasteiger partial charge on any atom is -0.426 e. The predicted molar refractivity (Wildman–Crippen MR) is 92.4 cm³/mol. The van der Waals surface area contributed by atoms with Crippen molar-refractivity contribution >= 4 is 41.0 Å². The van der Waals surface area contributed by atoms with Crippen LogP contribution in [-0.2, 0) is 4.65 Å². The Hall–Kier alpha value is -0.995. The number of benzene rings is 2. The molecule has 0 aliphatic rings. The lowest BCUT2D eigenvalue weighted by Gasteiger charge is -2.16. The van der Waals surface area contributed by atoms with E-state index in [2.05, 4.69) is 0 Å². The molecule has 0 radical (unpaired) electrons. The SMILES string of the molecule is Cc1cc(B(OCCN)c2ccc(Cl)c(C)c2)ccc1Cl. The zero-order chi connectivity index (χ0) is 15.4. The van der Waals surface area contributed by atoms with Crippen molar-refractivity contribution < 1.29 is 4.65 Å². The molecule has 110 valence electrons. The quantitative estimate of drug-likeness (QED) is 0.859. The summed E-state index contributed by atoms with van der Waals surface area (Å²) in [6.07, 6.45) is 0. The lowest BCUT2D eigenvalue weighted by molar-refractivity contribution is 0.344. The van der Waals surface area contributed by atoms with Gasteiger partial charge >= 0.3 is 6.92 Å². The van der Waals surface area contributed by atoms with Crippen LogP contribution in [0.1, 0.15) is 11.1 Å². The Bertz CT molecular complexity index is 582. The molecule has 2 rings (SSSR count). The molecule has 2 aromatic carbocycles. The first kappa shape index (κ1) is 16.4. The standard InChI is InChI=1S/C16H18BCl2NO/c1-11-9-13(3-5-15(11)18)17(21-8-7-20)14-4-6-16(19)12(2)10-14/h3-6,9-10H,7-8,20H2,1-2H3. The third kappa shape index (κ3) is 4.01. The number of hydrogen-bond acceptors (Lipinski definition) is 2. The molecule has 21 heavy (non-hydrogen) atoms. The average Bonchev–Trinajstić information content (AvgIpc) is 2.46. The van der Waals surface area contributed by atoms with Gasteiger partial charge in [-0.25, -0.2) is 0 Å². The van der Waals surface area contributed by atoms with Crippen molar-refractivity contribution in [2.45, 2.75) is 13.8 Å². The van der Waals surface area contributed by atoms with Crippen molar-refractivity contribution in [3.63, 3.8) is 0 Å². The van der Waals surface area contributed by atoms with Crippen LogP contribution in [-0.4, -0.2) is 20.1 Å². The minimum absolute atomic E-state index is 0.166. The Morgan fingerprint density at radius 3 is 1.81 bits per heavy atom. The highest BCUT2D eigenvalue weighted by Gasteiger charge is 2.22. The summed E-state index contributed by atoms with van der Waals surface area (Å²) in [4.78, 5) is 0. The van der Waals surface area contributed by atoms with Crippen molar-refractivity contribution in [3.05, 3.63) is 57.6 Å². The molecule has 0 amide bonds. The highest BCUT2D eigenvalue weighted by atomic mass is 35.5. The van der Waals surface area contributed by atoms with Crippen molar-refractivity contribution in [2.24, 2.45) is 5.73 Å². The van der Waals surface area contributed by atoms with E-state index in [0.717, 1.165) is 32.1 Å². The second kappa shape index (κ2) is 7.32. The maximum absolute atomic E-state index is 6.10. The Morgan fingerprint density at radius 1 is 0.952 bits per heavy atom. The first-order chi connectivity index (χ1) is 10.0. The lowest BCUT2D eigenvalue weighted by atomic mass is 9.55. The van der Waals surface area contributed by atoms with Gasteiger partial charge in [-0.05, 0) is 48.0 Å². The monoisotopic (exact) mass is 321 g/mol. The molecule has 0 unspecified atom stereocenters.